The maximum Gasteiger partial charge on any atom is 0.0922 e. The van der Waals surface area contributed by atoms with Crippen LogP contribution in [0.25, 0.3) is 0 Å². The second kappa shape index (κ2) is 7.49. The fraction of sp³-hybridized carbons (Fsp3) is 0.571. The Morgan fingerprint density at radius 2 is 2.17 bits per heavy atom. The molecule has 2 nitrogen and oxygen atoms in total. The van der Waals surface area contributed by atoms with Gasteiger partial charge in [0.15, 0.2) is 0 Å². The van der Waals surface area contributed by atoms with Gasteiger partial charge < -0.3 is 9.47 Å². The molecule has 1 fully saturated rings. The summed E-state index contributed by atoms with van der Waals surface area (Å²) in [5, 5.41) is 1.55. The Morgan fingerprint density at radius 1 is 1.39 bits per heavy atom. The lowest BCUT2D eigenvalue weighted by Crippen LogP contribution is -2.21. The number of ether oxygens (including phenoxy) is 2. The van der Waals surface area contributed by atoms with Gasteiger partial charge in [-0.2, -0.15) is 0 Å². The third kappa shape index (κ3) is 4.23. The van der Waals surface area contributed by atoms with Crippen LogP contribution in [0, 0.1) is 5.92 Å². The van der Waals surface area contributed by atoms with Gasteiger partial charge in [-0.3, -0.25) is 0 Å². The van der Waals surface area contributed by atoms with Crippen molar-refractivity contribution in [3.63, 3.8) is 0 Å². The van der Waals surface area contributed by atoms with E-state index in [9.17, 15) is 0 Å². The van der Waals surface area contributed by atoms with Crippen LogP contribution in [-0.2, 0) is 9.47 Å². The van der Waals surface area contributed by atoms with E-state index in [4.69, 9.17) is 21.1 Å². The van der Waals surface area contributed by atoms with Gasteiger partial charge >= 0.3 is 0 Å². The van der Waals surface area contributed by atoms with Gasteiger partial charge in [0.05, 0.1) is 12.7 Å². The van der Waals surface area contributed by atoms with Crippen LogP contribution in [0.5, 0.6) is 0 Å². The van der Waals surface area contributed by atoms with E-state index in [1.807, 2.05) is 18.2 Å². The van der Waals surface area contributed by atoms with E-state index < -0.39 is 0 Å². The summed E-state index contributed by atoms with van der Waals surface area (Å²) in [5.74, 6) is 0.625. The van der Waals surface area contributed by atoms with Gasteiger partial charge in [0.25, 0.3) is 0 Å². The highest BCUT2D eigenvalue weighted by atomic mass is 79.9. The summed E-state index contributed by atoms with van der Waals surface area (Å²) in [6.45, 7) is 2.53. The van der Waals surface area contributed by atoms with Crippen molar-refractivity contribution in [2.75, 3.05) is 25.2 Å². The van der Waals surface area contributed by atoms with E-state index in [0.717, 1.165) is 48.6 Å². The summed E-state index contributed by atoms with van der Waals surface area (Å²) >= 11 is 9.52. The molecule has 1 unspecified atom stereocenters. The van der Waals surface area contributed by atoms with Crippen molar-refractivity contribution in [3.05, 3.63) is 34.9 Å². The summed E-state index contributed by atoms with van der Waals surface area (Å²) in [5.41, 5.74) is 1.13. The molecule has 2 rings (SSSR count). The minimum atomic E-state index is 0.0755. The van der Waals surface area contributed by atoms with Crippen molar-refractivity contribution in [1.82, 2.24) is 0 Å². The summed E-state index contributed by atoms with van der Waals surface area (Å²) in [7, 11) is 0. The lowest BCUT2D eigenvalue weighted by atomic mass is 10.0. The van der Waals surface area contributed by atoms with Crippen molar-refractivity contribution >= 4 is 27.5 Å². The van der Waals surface area contributed by atoms with Crippen LogP contribution in [0.3, 0.4) is 0 Å². The fourth-order valence-corrected chi connectivity index (χ4v) is 2.86. The van der Waals surface area contributed by atoms with Gasteiger partial charge in [0.1, 0.15) is 0 Å². The Labute approximate surface area is 122 Å². The molecule has 0 N–H and O–H groups in total. The van der Waals surface area contributed by atoms with Crippen molar-refractivity contribution in [2.24, 2.45) is 5.92 Å². The Balaban J connectivity index is 1.88. The minimum Gasteiger partial charge on any atom is -0.381 e. The maximum atomic E-state index is 6.01. The van der Waals surface area contributed by atoms with E-state index in [2.05, 4.69) is 22.0 Å². The van der Waals surface area contributed by atoms with Crippen molar-refractivity contribution in [3.8, 4) is 0 Å². The molecule has 100 valence electrons. The second-order valence-electron chi connectivity index (χ2n) is 4.59. The van der Waals surface area contributed by atoms with E-state index >= 15 is 0 Å². The van der Waals surface area contributed by atoms with Crippen molar-refractivity contribution < 1.29 is 9.47 Å². The minimum absolute atomic E-state index is 0.0755. The van der Waals surface area contributed by atoms with Gasteiger partial charge in [-0.25, -0.2) is 0 Å². The molecule has 0 aliphatic carbocycles. The lowest BCUT2D eigenvalue weighted by molar-refractivity contribution is -0.00373. The van der Waals surface area contributed by atoms with Crippen LogP contribution in [0.4, 0.5) is 0 Å². The summed E-state index contributed by atoms with van der Waals surface area (Å²) in [4.78, 5) is 0. The first-order chi connectivity index (χ1) is 8.79. The highest BCUT2D eigenvalue weighted by Crippen LogP contribution is 2.25. The first-order valence-electron chi connectivity index (χ1n) is 6.30. The van der Waals surface area contributed by atoms with Crippen molar-refractivity contribution in [2.45, 2.75) is 18.9 Å². The zero-order chi connectivity index (χ0) is 12.8. The van der Waals surface area contributed by atoms with Gasteiger partial charge in [0, 0.05) is 23.6 Å². The molecule has 1 saturated heterocycles. The van der Waals surface area contributed by atoms with E-state index in [1.54, 1.807) is 0 Å². The number of hydrogen-bond donors (Lipinski definition) is 0. The molecule has 4 heteroatoms. The average Bonchev–Trinajstić information content (AvgIpc) is 2.41. The van der Waals surface area contributed by atoms with E-state index in [0.29, 0.717) is 5.92 Å². The molecule has 1 aromatic rings. The van der Waals surface area contributed by atoms with Gasteiger partial charge in [0.2, 0.25) is 0 Å². The molecular formula is C14H18BrClO2. The maximum absolute atomic E-state index is 6.01. The van der Waals surface area contributed by atoms with Gasteiger partial charge in [-0.1, -0.05) is 39.7 Å². The van der Waals surface area contributed by atoms with Crippen LogP contribution in [0.15, 0.2) is 24.3 Å². The van der Waals surface area contributed by atoms with Crippen LogP contribution in [0.2, 0.25) is 5.02 Å². The molecule has 1 aromatic carbocycles. The molecule has 0 spiro atoms. The molecule has 0 radical (unpaired) electrons. The normalized spacial score (nSPS) is 18.8. The molecule has 0 saturated carbocycles. The number of alkyl halides is 1. The molecule has 1 atom stereocenters. The SMILES string of the molecule is Clc1cccc(C(CBr)OCC2CCOCC2)c1. The zero-order valence-electron chi connectivity index (χ0n) is 10.3. The predicted molar refractivity (Wildman–Crippen MR) is 77.5 cm³/mol. The third-order valence-corrected chi connectivity index (χ3v) is 4.06. The first-order valence-corrected chi connectivity index (χ1v) is 7.80. The largest absolute Gasteiger partial charge is 0.381 e. The van der Waals surface area contributed by atoms with Crippen LogP contribution >= 0.6 is 27.5 Å². The number of rotatable bonds is 5. The summed E-state index contributed by atoms with van der Waals surface area (Å²) < 4.78 is 11.4. The standard InChI is InChI=1S/C14H18BrClO2/c15-9-14(12-2-1-3-13(16)8-12)18-10-11-4-6-17-7-5-11/h1-3,8,11,14H,4-7,9-10H2. The fourth-order valence-electron chi connectivity index (χ4n) is 2.10. The molecule has 1 heterocycles. The summed E-state index contributed by atoms with van der Waals surface area (Å²) in [6, 6.07) is 7.87. The van der Waals surface area contributed by atoms with Gasteiger partial charge in [-0.05, 0) is 36.5 Å². The predicted octanol–water partition coefficient (Wildman–Crippen LogP) is 4.22. The Bertz CT molecular complexity index is 367. The topological polar surface area (TPSA) is 18.5 Å². The van der Waals surface area contributed by atoms with Crippen LogP contribution in [0.1, 0.15) is 24.5 Å². The smallest absolute Gasteiger partial charge is 0.0922 e. The first kappa shape index (κ1) is 14.3. The number of benzene rings is 1. The molecule has 1 aliphatic heterocycles. The highest BCUT2D eigenvalue weighted by Gasteiger charge is 2.17. The number of hydrogen-bond acceptors (Lipinski definition) is 2. The molecule has 18 heavy (non-hydrogen) atoms. The Kier molecular flexibility index (Phi) is 5.96. The molecule has 0 amide bonds. The molecule has 1 aliphatic rings. The third-order valence-electron chi connectivity index (χ3n) is 3.23. The molecule has 0 bridgehead atoms. The van der Waals surface area contributed by atoms with Crippen LogP contribution in [-0.4, -0.2) is 25.2 Å². The second-order valence-corrected chi connectivity index (χ2v) is 5.67. The zero-order valence-corrected chi connectivity index (χ0v) is 12.6. The van der Waals surface area contributed by atoms with Crippen LogP contribution < -0.4 is 0 Å². The quantitative estimate of drug-likeness (QED) is 0.751. The molecule has 0 aromatic heterocycles. The lowest BCUT2D eigenvalue weighted by Gasteiger charge is -2.24. The highest BCUT2D eigenvalue weighted by molar-refractivity contribution is 9.09. The van der Waals surface area contributed by atoms with E-state index in [1.165, 1.54) is 0 Å². The monoisotopic (exact) mass is 332 g/mol. The Hall–Kier alpha value is -0.0900. The molecular weight excluding hydrogens is 316 g/mol. The van der Waals surface area contributed by atoms with Gasteiger partial charge in [-0.15, -0.1) is 0 Å². The Morgan fingerprint density at radius 3 is 2.83 bits per heavy atom. The summed E-state index contributed by atoms with van der Waals surface area (Å²) in [6.07, 6.45) is 2.28. The van der Waals surface area contributed by atoms with Crippen molar-refractivity contribution in [1.29, 1.82) is 0 Å². The van der Waals surface area contributed by atoms with E-state index in [-0.39, 0.29) is 6.10 Å². The number of halogens is 2. The average molecular weight is 334 g/mol.